The summed E-state index contributed by atoms with van der Waals surface area (Å²) in [4.78, 5) is 60.5. The van der Waals surface area contributed by atoms with Gasteiger partial charge in [0.05, 0.1) is 25.9 Å². The van der Waals surface area contributed by atoms with Crippen LogP contribution >= 0.6 is 0 Å². The van der Waals surface area contributed by atoms with Crippen molar-refractivity contribution in [2.45, 2.75) is 51.8 Å². The van der Waals surface area contributed by atoms with Crippen molar-refractivity contribution in [3.63, 3.8) is 0 Å². The monoisotopic (exact) mass is 520 g/mol. The first-order chi connectivity index (χ1) is 17.4. The number of amides is 2. The summed E-state index contributed by atoms with van der Waals surface area (Å²) in [5.74, 6) is -3.21. The first kappa shape index (κ1) is 29.6. The molecule has 1 fully saturated rings. The van der Waals surface area contributed by atoms with E-state index in [1.807, 2.05) is 13.8 Å². The van der Waals surface area contributed by atoms with E-state index in [2.05, 4.69) is 10.6 Å². The smallest absolute Gasteiger partial charge is 0.308 e. The number of aliphatic hydroxyl groups is 2. The Morgan fingerprint density at radius 2 is 1.65 bits per heavy atom. The minimum Gasteiger partial charge on any atom is -0.423 e. The molecule has 2 amide bonds. The highest BCUT2D eigenvalue weighted by atomic mass is 16.6. The number of esters is 2. The molecule has 1 aliphatic rings. The van der Waals surface area contributed by atoms with Crippen LogP contribution < -0.4 is 20.1 Å². The molecule has 0 aromatic heterocycles. The minimum atomic E-state index is -1.35. The van der Waals surface area contributed by atoms with Crippen LogP contribution in [-0.4, -0.2) is 77.3 Å². The number of nitrogens with one attached hydrogen (secondary N) is 2. The number of rotatable bonds is 13. The van der Waals surface area contributed by atoms with Crippen LogP contribution in [0.4, 0.5) is 0 Å². The van der Waals surface area contributed by atoms with Gasteiger partial charge in [-0.15, -0.1) is 0 Å². The summed E-state index contributed by atoms with van der Waals surface area (Å²) in [7, 11) is 0. The largest absolute Gasteiger partial charge is 0.423 e. The topological polar surface area (TPSA) is 181 Å². The van der Waals surface area contributed by atoms with Gasteiger partial charge in [-0.05, 0) is 36.1 Å². The summed E-state index contributed by atoms with van der Waals surface area (Å²) in [5, 5.41) is 24.0. The third-order valence-corrected chi connectivity index (χ3v) is 5.26. The molecule has 12 heteroatoms. The van der Waals surface area contributed by atoms with Crippen LogP contribution in [0.2, 0.25) is 0 Å². The SMILES string of the molecule is CC(=O)Oc1ccc(/C=C/C(=O)N[C@@H](CO)C(=O)NC(CC(C)C)C(=O)C2(CO)CO2)cc1OC(C)=O. The van der Waals surface area contributed by atoms with E-state index >= 15 is 0 Å². The average molecular weight is 521 g/mol. The Bertz CT molecular complexity index is 1060. The predicted molar refractivity (Wildman–Crippen MR) is 129 cm³/mol. The van der Waals surface area contributed by atoms with Crippen LogP contribution in [0.3, 0.4) is 0 Å². The number of ketones is 1. The van der Waals surface area contributed by atoms with E-state index in [0.29, 0.717) is 5.56 Å². The van der Waals surface area contributed by atoms with E-state index in [9.17, 15) is 34.2 Å². The fourth-order valence-electron chi connectivity index (χ4n) is 3.38. The second-order valence-corrected chi connectivity index (χ2v) is 8.97. The van der Waals surface area contributed by atoms with Crippen LogP contribution in [0.15, 0.2) is 24.3 Å². The van der Waals surface area contributed by atoms with Gasteiger partial charge in [0.2, 0.25) is 11.8 Å². The highest BCUT2D eigenvalue weighted by Crippen LogP contribution is 2.30. The summed E-state index contributed by atoms with van der Waals surface area (Å²) in [6.07, 6.45) is 2.71. The zero-order valence-electron chi connectivity index (χ0n) is 21.1. The maximum absolute atomic E-state index is 12.8. The molecule has 0 bridgehead atoms. The standard InChI is InChI=1S/C25H32N2O10/c1-14(2)9-18(23(33)25(12-29)13-35-25)27-24(34)19(11-28)26-22(32)8-6-17-5-7-20(36-15(3)30)21(10-17)37-16(4)31/h5-8,10,14,18-19,28-29H,9,11-13H2,1-4H3,(H,26,32)(H,27,34)/b8-6+/t18?,19-,25?/m0/s1. The molecule has 3 atom stereocenters. The van der Waals surface area contributed by atoms with E-state index < -0.39 is 60.4 Å². The predicted octanol–water partition coefficient (Wildman–Crippen LogP) is -0.111. The Morgan fingerprint density at radius 3 is 2.16 bits per heavy atom. The van der Waals surface area contributed by atoms with Gasteiger partial charge in [-0.25, -0.2) is 0 Å². The summed E-state index contributed by atoms with van der Waals surface area (Å²) in [5.41, 5.74) is -0.919. The second-order valence-electron chi connectivity index (χ2n) is 8.97. The van der Waals surface area contributed by atoms with Gasteiger partial charge in [0.25, 0.3) is 0 Å². The van der Waals surface area contributed by atoms with E-state index in [-0.39, 0.29) is 30.4 Å². The normalized spacial score (nSPS) is 18.1. The van der Waals surface area contributed by atoms with Crippen LogP contribution in [0, 0.1) is 5.92 Å². The number of carbonyl (C=O) groups excluding carboxylic acids is 5. The average Bonchev–Trinajstić information content (AvgIpc) is 3.62. The van der Waals surface area contributed by atoms with Crippen molar-refractivity contribution in [3.8, 4) is 11.5 Å². The van der Waals surface area contributed by atoms with E-state index in [1.54, 1.807) is 0 Å². The zero-order chi connectivity index (χ0) is 27.8. The van der Waals surface area contributed by atoms with Gasteiger partial charge in [0, 0.05) is 19.9 Å². The summed E-state index contributed by atoms with van der Waals surface area (Å²) in [6, 6.07) is 1.94. The number of benzene rings is 1. The van der Waals surface area contributed by atoms with Crippen molar-refractivity contribution in [1.29, 1.82) is 0 Å². The molecule has 0 aliphatic carbocycles. The van der Waals surface area contributed by atoms with Gasteiger partial charge < -0.3 is 35.1 Å². The lowest BCUT2D eigenvalue weighted by atomic mass is 9.92. The second kappa shape index (κ2) is 13.1. The number of carbonyl (C=O) groups is 5. The van der Waals surface area contributed by atoms with Crippen molar-refractivity contribution < 1.29 is 48.4 Å². The molecule has 1 aromatic rings. The van der Waals surface area contributed by atoms with Crippen LogP contribution in [0.1, 0.15) is 39.7 Å². The lowest BCUT2D eigenvalue weighted by Crippen LogP contribution is -2.55. The number of hydrogen-bond donors (Lipinski definition) is 4. The fraction of sp³-hybridized carbons (Fsp3) is 0.480. The summed E-state index contributed by atoms with van der Waals surface area (Å²) < 4.78 is 15.1. The maximum Gasteiger partial charge on any atom is 0.308 e. The number of Topliss-reactive ketones (excluding diaryl/α,β-unsaturated/α-hetero) is 1. The lowest BCUT2D eigenvalue weighted by molar-refractivity contribution is -0.134. The number of epoxide rings is 1. The molecular formula is C25H32N2O10. The molecule has 1 saturated heterocycles. The molecule has 1 aliphatic heterocycles. The Hall–Kier alpha value is -3.61. The number of ether oxygens (including phenoxy) is 3. The quantitative estimate of drug-likeness (QED) is 0.119. The molecular weight excluding hydrogens is 488 g/mol. The molecule has 4 N–H and O–H groups in total. The number of hydrogen-bond acceptors (Lipinski definition) is 10. The van der Waals surface area contributed by atoms with Crippen LogP contribution in [0.5, 0.6) is 11.5 Å². The highest BCUT2D eigenvalue weighted by Gasteiger charge is 2.54. The van der Waals surface area contributed by atoms with Crippen molar-refractivity contribution >= 4 is 35.6 Å². The maximum atomic E-state index is 12.8. The Balaban J connectivity index is 2.08. The van der Waals surface area contributed by atoms with E-state index in [1.165, 1.54) is 38.1 Å². The van der Waals surface area contributed by atoms with Crippen LogP contribution in [0.25, 0.3) is 6.08 Å². The Kier molecular flexibility index (Phi) is 10.5. The molecule has 1 heterocycles. The van der Waals surface area contributed by atoms with Gasteiger partial charge in [-0.1, -0.05) is 19.9 Å². The molecule has 202 valence electrons. The van der Waals surface area contributed by atoms with E-state index in [4.69, 9.17) is 14.2 Å². The molecule has 1 aromatic carbocycles. The van der Waals surface area contributed by atoms with Gasteiger partial charge >= 0.3 is 11.9 Å². The zero-order valence-corrected chi connectivity index (χ0v) is 21.1. The van der Waals surface area contributed by atoms with E-state index in [0.717, 1.165) is 6.08 Å². The van der Waals surface area contributed by atoms with Gasteiger partial charge in [0.1, 0.15) is 6.04 Å². The molecule has 2 rings (SSSR count). The molecule has 37 heavy (non-hydrogen) atoms. The minimum absolute atomic E-state index is 0.0198. The fourth-order valence-corrected chi connectivity index (χ4v) is 3.38. The Morgan fingerprint density at radius 1 is 1.03 bits per heavy atom. The molecule has 2 unspecified atom stereocenters. The molecule has 12 nitrogen and oxygen atoms in total. The first-order valence-corrected chi connectivity index (χ1v) is 11.6. The van der Waals surface area contributed by atoms with Crippen molar-refractivity contribution in [1.82, 2.24) is 10.6 Å². The van der Waals surface area contributed by atoms with Crippen molar-refractivity contribution in [3.05, 3.63) is 29.8 Å². The van der Waals surface area contributed by atoms with Crippen molar-refractivity contribution in [2.24, 2.45) is 5.92 Å². The van der Waals surface area contributed by atoms with Crippen LogP contribution in [-0.2, 0) is 28.7 Å². The third kappa shape index (κ3) is 8.77. The highest BCUT2D eigenvalue weighted by molar-refractivity contribution is 5.99. The number of aliphatic hydroxyl groups excluding tert-OH is 2. The molecule has 0 spiro atoms. The summed E-state index contributed by atoms with van der Waals surface area (Å²) >= 11 is 0. The molecule has 0 saturated carbocycles. The third-order valence-electron chi connectivity index (χ3n) is 5.26. The van der Waals surface area contributed by atoms with Crippen molar-refractivity contribution in [2.75, 3.05) is 19.8 Å². The Labute approximate surface area is 214 Å². The molecule has 0 radical (unpaired) electrons. The lowest BCUT2D eigenvalue weighted by Gasteiger charge is -2.24. The van der Waals surface area contributed by atoms with Gasteiger partial charge in [0.15, 0.2) is 22.9 Å². The van der Waals surface area contributed by atoms with Gasteiger partial charge in [-0.2, -0.15) is 0 Å². The summed E-state index contributed by atoms with van der Waals surface area (Å²) in [6.45, 7) is 4.88. The van der Waals surface area contributed by atoms with Gasteiger partial charge in [-0.3, -0.25) is 24.0 Å². The first-order valence-electron chi connectivity index (χ1n) is 11.6.